The molecule has 148 valence electrons. The summed E-state index contributed by atoms with van der Waals surface area (Å²) >= 11 is 0. The first-order valence-electron chi connectivity index (χ1n) is 9.65. The predicted octanol–water partition coefficient (Wildman–Crippen LogP) is 4.62. The van der Waals surface area contributed by atoms with Gasteiger partial charge in [0.2, 0.25) is 0 Å². The van der Waals surface area contributed by atoms with Crippen molar-refractivity contribution in [1.29, 1.82) is 0 Å². The number of para-hydroxylation sites is 1. The van der Waals surface area contributed by atoms with Gasteiger partial charge in [-0.05, 0) is 29.0 Å². The second kappa shape index (κ2) is 8.37. The van der Waals surface area contributed by atoms with E-state index in [0.717, 1.165) is 27.8 Å². The van der Waals surface area contributed by atoms with Crippen molar-refractivity contribution < 1.29 is 14.3 Å². The summed E-state index contributed by atoms with van der Waals surface area (Å²) in [5.41, 5.74) is 2.41. The molecule has 1 atom stereocenters. The molecule has 0 radical (unpaired) electrons. The van der Waals surface area contributed by atoms with E-state index in [9.17, 15) is 4.79 Å². The molecule has 5 nitrogen and oxygen atoms in total. The average molecular weight is 388 g/mol. The lowest BCUT2D eigenvalue weighted by atomic mass is 9.97. The minimum atomic E-state index is -0.376. The van der Waals surface area contributed by atoms with Crippen molar-refractivity contribution in [1.82, 2.24) is 4.90 Å². The molecule has 29 heavy (non-hydrogen) atoms. The zero-order chi connectivity index (χ0) is 20.2. The molecule has 0 aromatic heterocycles. The molecule has 0 saturated carbocycles. The van der Waals surface area contributed by atoms with Crippen LogP contribution in [0, 0.1) is 0 Å². The van der Waals surface area contributed by atoms with Crippen LogP contribution in [0.15, 0.2) is 73.3 Å². The first-order valence-corrected chi connectivity index (χ1v) is 9.65. The Morgan fingerprint density at radius 3 is 2.69 bits per heavy atom. The summed E-state index contributed by atoms with van der Waals surface area (Å²) in [6.45, 7) is 5.19. The third-order valence-corrected chi connectivity index (χ3v) is 5.10. The highest BCUT2D eigenvalue weighted by Gasteiger charge is 2.34. The Balaban J connectivity index is 1.87. The van der Waals surface area contributed by atoms with E-state index in [1.54, 1.807) is 18.1 Å². The number of methoxy groups -OCH3 is 1. The van der Waals surface area contributed by atoms with Crippen LogP contribution in [0.2, 0.25) is 0 Å². The van der Waals surface area contributed by atoms with Crippen molar-refractivity contribution in [3.05, 3.63) is 84.4 Å². The smallest absolute Gasteiger partial charge is 0.258 e. The van der Waals surface area contributed by atoms with Gasteiger partial charge in [-0.15, -0.1) is 6.58 Å². The van der Waals surface area contributed by atoms with Gasteiger partial charge in [-0.2, -0.15) is 0 Å². The summed E-state index contributed by atoms with van der Waals surface area (Å²) in [7, 11) is 1.65. The van der Waals surface area contributed by atoms with Gasteiger partial charge in [0.1, 0.15) is 18.5 Å². The van der Waals surface area contributed by atoms with E-state index in [2.05, 4.69) is 24.0 Å². The van der Waals surface area contributed by atoms with Gasteiger partial charge in [-0.3, -0.25) is 4.79 Å². The maximum absolute atomic E-state index is 13.3. The van der Waals surface area contributed by atoms with Crippen LogP contribution in [0.3, 0.4) is 0 Å². The van der Waals surface area contributed by atoms with Crippen LogP contribution in [-0.2, 0) is 4.74 Å². The van der Waals surface area contributed by atoms with Gasteiger partial charge in [0.15, 0.2) is 0 Å². The van der Waals surface area contributed by atoms with Gasteiger partial charge in [0.05, 0.1) is 12.2 Å². The molecular formula is C24H24N2O3. The molecule has 0 spiro atoms. The molecule has 1 unspecified atom stereocenters. The number of hydrogen-bond acceptors (Lipinski definition) is 4. The van der Waals surface area contributed by atoms with E-state index in [4.69, 9.17) is 9.47 Å². The maximum Gasteiger partial charge on any atom is 0.258 e. The largest absolute Gasteiger partial charge is 0.491 e. The van der Waals surface area contributed by atoms with Gasteiger partial charge in [0.25, 0.3) is 5.91 Å². The molecular weight excluding hydrogens is 364 g/mol. The monoisotopic (exact) mass is 388 g/mol. The summed E-state index contributed by atoms with van der Waals surface area (Å²) in [5.74, 6) is 0.708. The molecule has 5 heteroatoms. The number of carbonyl (C=O) groups is 1. The van der Waals surface area contributed by atoms with Gasteiger partial charge < -0.3 is 19.7 Å². The predicted molar refractivity (Wildman–Crippen MR) is 115 cm³/mol. The molecule has 4 rings (SSSR count). The quantitative estimate of drug-likeness (QED) is 0.474. The van der Waals surface area contributed by atoms with Gasteiger partial charge in [-0.25, -0.2) is 0 Å². The summed E-state index contributed by atoms with van der Waals surface area (Å²) in [6, 6.07) is 19.7. The Hall–Kier alpha value is -3.31. The second-order valence-corrected chi connectivity index (χ2v) is 6.88. The number of ether oxygens (including phenoxy) is 2. The summed E-state index contributed by atoms with van der Waals surface area (Å²) < 4.78 is 11.2. The normalized spacial score (nSPS) is 15.7. The number of rotatable bonds is 7. The van der Waals surface area contributed by atoms with Crippen molar-refractivity contribution in [3.8, 4) is 5.75 Å². The van der Waals surface area contributed by atoms with E-state index in [1.165, 1.54) is 0 Å². The lowest BCUT2D eigenvalue weighted by molar-refractivity contribution is 0.0705. The molecule has 1 heterocycles. The molecule has 0 fully saturated rings. The first kappa shape index (κ1) is 19.0. The fraction of sp³-hybridized carbons (Fsp3) is 0.208. The topological polar surface area (TPSA) is 50.8 Å². The molecule has 3 aromatic rings. The Kier molecular flexibility index (Phi) is 5.49. The summed E-state index contributed by atoms with van der Waals surface area (Å²) in [6.07, 6.45) is 1.37. The minimum absolute atomic E-state index is 0.0278. The van der Waals surface area contributed by atoms with E-state index < -0.39 is 0 Å². The molecule has 0 bridgehead atoms. The highest BCUT2D eigenvalue weighted by molar-refractivity contribution is 6.02. The Bertz CT molecular complexity index is 1050. The van der Waals surface area contributed by atoms with Crippen LogP contribution in [0.1, 0.15) is 22.1 Å². The van der Waals surface area contributed by atoms with Crippen molar-refractivity contribution in [2.24, 2.45) is 0 Å². The van der Waals surface area contributed by atoms with Crippen LogP contribution in [0.4, 0.5) is 5.69 Å². The number of nitrogens with zero attached hydrogens (tertiary/aromatic N) is 1. The molecule has 1 N–H and O–H groups in total. The highest BCUT2D eigenvalue weighted by Crippen LogP contribution is 2.40. The third-order valence-electron chi connectivity index (χ3n) is 5.10. The fourth-order valence-electron chi connectivity index (χ4n) is 3.77. The lowest BCUT2D eigenvalue weighted by Crippen LogP contribution is -2.43. The number of fused-ring (bicyclic) bond motifs is 2. The van der Waals surface area contributed by atoms with Gasteiger partial charge >= 0.3 is 0 Å². The highest BCUT2D eigenvalue weighted by atomic mass is 16.5. The summed E-state index contributed by atoms with van der Waals surface area (Å²) in [4.78, 5) is 15.1. The van der Waals surface area contributed by atoms with E-state index in [1.807, 2.05) is 48.5 Å². The minimum Gasteiger partial charge on any atom is -0.491 e. The van der Waals surface area contributed by atoms with E-state index >= 15 is 0 Å². The Morgan fingerprint density at radius 1 is 1.07 bits per heavy atom. The summed E-state index contributed by atoms with van der Waals surface area (Å²) in [5, 5.41) is 5.68. The third kappa shape index (κ3) is 3.57. The standard InChI is InChI=1S/C24H24N2O3/c1-3-14-26-23(25-20-11-7-6-10-19(20)24(26)27)22-18-9-5-4-8-17(18)12-13-21(22)29-16-15-28-2/h3-13,23,25H,1,14-16H2,2H3. The van der Waals surface area contributed by atoms with Crippen LogP contribution in [0.25, 0.3) is 10.8 Å². The number of amides is 1. The molecule has 1 aliphatic rings. The number of carbonyl (C=O) groups excluding carboxylic acids is 1. The zero-order valence-corrected chi connectivity index (χ0v) is 16.4. The zero-order valence-electron chi connectivity index (χ0n) is 16.4. The molecule has 0 saturated heterocycles. The molecule has 1 aliphatic heterocycles. The van der Waals surface area contributed by atoms with Crippen molar-refractivity contribution in [3.63, 3.8) is 0 Å². The molecule has 3 aromatic carbocycles. The van der Waals surface area contributed by atoms with E-state index in [0.29, 0.717) is 25.3 Å². The second-order valence-electron chi connectivity index (χ2n) is 6.88. The number of hydrogen-bond donors (Lipinski definition) is 1. The van der Waals surface area contributed by atoms with Crippen molar-refractivity contribution in [2.75, 3.05) is 32.2 Å². The maximum atomic E-state index is 13.3. The van der Waals surface area contributed by atoms with Crippen LogP contribution >= 0.6 is 0 Å². The number of nitrogens with one attached hydrogen (secondary N) is 1. The van der Waals surface area contributed by atoms with Crippen LogP contribution in [-0.4, -0.2) is 37.7 Å². The van der Waals surface area contributed by atoms with E-state index in [-0.39, 0.29) is 12.1 Å². The van der Waals surface area contributed by atoms with Crippen molar-refractivity contribution >= 4 is 22.4 Å². The van der Waals surface area contributed by atoms with Gasteiger partial charge in [0, 0.05) is 24.9 Å². The average Bonchev–Trinajstić information content (AvgIpc) is 2.76. The van der Waals surface area contributed by atoms with Gasteiger partial charge in [-0.1, -0.05) is 48.5 Å². The first-order chi connectivity index (χ1) is 14.2. The Morgan fingerprint density at radius 2 is 1.86 bits per heavy atom. The van der Waals surface area contributed by atoms with Crippen LogP contribution < -0.4 is 10.1 Å². The molecule has 0 aliphatic carbocycles. The lowest BCUT2D eigenvalue weighted by Gasteiger charge is -2.38. The Labute approximate surface area is 170 Å². The number of benzene rings is 3. The molecule has 1 amide bonds. The van der Waals surface area contributed by atoms with Crippen LogP contribution in [0.5, 0.6) is 5.75 Å². The van der Waals surface area contributed by atoms with Crippen molar-refractivity contribution in [2.45, 2.75) is 6.17 Å². The fourth-order valence-corrected chi connectivity index (χ4v) is 3.77. The number of anilines is 1. The SMILES string of the molecule is C=CCN1C(=O)c2ccccc2NC1c1c(OCCOC)ccc2ccccc12.